The third-order valence-electron chi connectivity index (χ3n) is 3.02. The van der Waals surface area contributed by atoms with Gasteiger partial charge in [0.15, 0.2) is 0 Å². The first-order valence-electron chi connectivity index (χ1n) is 6.87. The molecule has 4 heteroatoms. The Morgan fingerprint density at radius 3 is 3.12 bits per heavy atom. The molecule has 0 spiro atoms. The van der Waals surface area contributed by atoms with Crippen molar-refractivity contribution < 1.29 is 14.6 Å². The number of unbranched alkanes of at least 4 members (excludes halogenated alkanes) is 1. The zero-order valence-corrected chi connectivity index (χ0v) is 11.0. The summed E-state index contributed by atoms with van der Waals surface area (Å²) in [5.74, 6) is 0.608. The summed E-state index contributed by atoms with van der Waals surface area (Å²) in [6.07, 6.45) is 4.21. The minimum Gasteiger partial charge on any atom is -0.389 e. The van der Waals surface area contributed by atoms with Crippen LogP contribution in [0.5, 0.6) is 0 Å². The van der Waals surface area contributed by atoms with Gasteiger partial charge in [0.25, 0.3) is 0 Å². The predicted molar refractivity (Wildman–Crippen MR) is 68.1 cm³/mol. The average molecular weight is 245 g/mol. The van der Waals surface area contributed by atoms with Crippen molar-refractivity contribution in [2.75, 3.05) is 39.5 Å². The van der Waals surface area contributed by atoms with Crippen LogP contribution in [0.3, 0.4) is 0 Å². The van der Waals surface area contributed by atoms with Gasteiger partial charge in [-0.15, -0.1) is 0 Å². The van der Waals surface area contributed by atoms with Crippen molar-refractivity contribution in [1.29, 1.82) is 0 Å². The van der Waals surface area contributed by atoms with Crippen LogP contribution in [0.2, 0.25) is 0 Å². The summed E-state index contributed by atoms with van der Waals surface area (Å²) in [6.45, 7) is 6.64. The normalized spacial score (nSPS) is 22.6. The van der Waals surface area contributed by atoms with E-state index in [0.717, 1.165) is 45.6 Å². The predicted octanol–water partition coefficient (Wildman–Crippen LogP) is 1.18. The summed E-state index contributed by atoms with van der Waals surface area (Å²) < 4.78 is 10.8. The van der Waals surface area contributed by atoms with Crippen molar-refractivity contribution in [3.63, 3.8) is 0 Å². The van der Waals surface area contributed by atoms with Crippen LogP contribution in [0.4, 0.5) is 0 Å². The van der Waals surface area contributed by atoms with E-state index in [1.807, 2.05) is 0 Å². The molecule has 17 heavy (non-hydrogen) atoms. The van der Waals surface area contributed by atoms with Crippen LogP contribution in [-0.2, 0) is 9.47 Å². The van der Waals surface area contributed by atoms with Crippen molar-refractivity contribution in [3.05, 3.63) is 0 Å². The number of aliphatic hydroxyl groups excluding tert-OH is 1. The fourth-order valence-corrected chi connectivity index (χ4v) is 1.95. The minimum absolute atomic E-state index is 0.392. The van der Waals surface area contributed by atoms with Gasteiger partial charge in [0.2, 0.25) is 0 Å². The molecule has 0 radical (unpaired) electrons. The molecule has 1 aliphatic heterocycles. The first kappa shape index (κ1) is 14.9. The van der Waals surface area contributed by atoms with Crippen LogP contribution in [-0.4, -0.2) is 50.7 Å². The Labute approximate surface area is 105 Å². The highest BCUT2D eigenvalue weighted by molar-refractivity contribution is 4.67. The SMILES string of the molecule is CCCCOCC(O)CNCC1CCCOC1. The number of rotatable bonds is 9. The largest absolute Gasteiger partial charge is 0.389 e. The van der Waals surface area contributed by atoms with E-state index in [-0.39, 0.29) is 0 Å². The molecule has 0 aliphatic carbocycles. The molecule has 0 aromatic heterocycles. The van der Waals surface area contributed by atoms with Gasteiger partial charge in [-0.2, -0.15) is 0 Å². The van der Waals surface area contributed by atoms with Crippen molar-refractivity contribution in [3.8, 4) is 0 Å². The van der Waals surface area contributed by atoms with Gasteiger partial charge in [-0.05, 0) is 25.2 Å². The van der Waals surface area contributed by atoms with E-state index in [4.69, 9.17) is 9.47 Å². The molecule has 1 heterocycles. The fraction of sp³-hybridized carbons (Fsp3) is 1.00. The maximum absolute atomic E-state index is 9.66. The van der Waals surface area contributed by atoms with Crippen LogP contribution in [0.1, 0.15) is 32.6 Å². The van der Waals surface area contributed by atoms with Gasteiger partial charge in [-0.25, -0.2) is 0 Å². The maximum atomic E-state index is 9.66. The summed E-state index contributed by atoms with van der Waals surface area (Å²) in [4.78, 5) is 0. The topological polar surface area (TPSA) is 50.7 Å². The van der Waals surface area contributed by atoms with Crippen molar-refractivity contribution in [1.82, 2.24) is 5.32 Å². The Kier molecular flexibility index (Phi) is 8.61. The average Bonchev–Trinajstić information content (AvgIpc) is 2.36. The van der Waals surface area contributed by atoms with Gasteiger partial charge < -0.3 is 19.9 Å². The van der Waals surface area contributed by atoms with Crippen LogP contribution in [0, 0.1) is 5.92 Å². The van der Waals surface area contributed by atoms with E-state index >= 15 is 0 Å². The van der Waals surface area contributed by atoms with E-state index in [1.165, 1.54) is 6.42 Å². The summed E-state index contributed by atoms with van der Waals surface area (Å²) in [7, 11) is 0. The number of ether oxygens (including phenoxy) is 2. The van der Waals surface area contributed by atoms with E-state index in [0.29, 0.717) is 19.1 Å². The number of aliphatic hydroxyl groups is 1. The Morgan fingerprint density at radius 1 is 1.53 bits per heavy atom. The molecule has 0 amide bonds. The van der Waals surface area contributed by atoms with E-state index in [9.17, 15) is 5.11 Å². The molecule has 102 valence electrons. The Morgan fingerprint density at radius 2 is 2.41 bits per heavy atom. The molecule has 1 rings (SSSR count). The van der Waals surface area contributed by atoms with Crippen LogP contribution >= 0.6 is 0 Å². The molecule has 1 fully saturated rings. The molecule has 0 aromatic rings. The van der Waals surface area contributed by atoms with Crippen molar-refractivity contribution >= 4 is 0 Å². The Bertz CT molecular complexity index is 172. The summed E-state index contributed by atoms with van der Waals surface area (Å²) in [5, 5.41) is 12.9. The lowest BCUT2D eigenvalue weighted by atomic mass is 10.0. The molecule has 1 aliphatic rings. The summed E-state index contributed by atoms with van der Waals surface area (Å²) in [5.41, 5.74) is 0. The lowest BCUT2D eigenvalue weighted by Crippen LogP contribution is -2.35. The highest BCUT2D eigenvalue weighted by atomic mass is 16.5. The zero-order chi connectivity index (χ0) is 12.3. The van der Waals surface area contributed by atoms with Gasteiger partial charge in [-0.1, -0.05) is 13.3 Å². The van der Waals surface area contributed by atoms with Crippen molar-refractivity contribution in [2.24, 2.45) is 5.92 Å². The van der Waals surface area contributed by atoms with E-state index in [2.05, 4.69) is 12.2 Å². The second-order valence-electron chi connectivity index (χ2n) is 4.82. The molecule has 2 unspecified atom stereocenters. The highest BCUT2D eigenvalue weighted by Crippen LogP contribution is 2.11. The quantitative estimate of drug-likeness (QED) is 0.599. The van der Waals surface area contributed by atoms with Crippen molar-refractivity contribution in [2.45, 2.75) is 38.7 Å². The summed E-state index contributed by atoms with van der Waals surface area (Å²) >= 11 is 0. The molecule has 0 bridgehead atoms. The second kappa shape index (κ2) is 9.83. The van der Waals surface area contributed by atoms with E-state index < -0.39 is 6.10 Å². The fourth-order valence-electron chi connectivity index (χ4n) is 1.95. The third kappa shape index (κ3) is 7.71. The van der Waals surface area contributed by atoms with Gasteiger partial charge >= 0.3 is 0 Å². The zero-order valence-electron chi connectivity index (χ0n) is 11.0. The lowest BCUT2D eigenvalue weighted by molar-refractivity contribution is 0.0308. The molecular weight excluding hydrogens is 218 g/mol. The van der Waals surface area contributed by atoms with E-state index in [1.54, 1.807) is 0 Å². The van der Waals surface area contributed by atoms with Crippen LogP contribution < -0.4 is 5.32 Å². The Balaban J connectivity index is 1.90. The molecule has 0 saturated carbocycles. The molecule has 1 saturated heterocycles. The smallest absolute Gasteiger partial charge is 0.0897 e. The van der Waals surface area contributed by atoms with Gasteiger partial charge in [0.1, 0.15) is 0 Å². The summed E-state index contributed by atoms with van der Waals surface area (Å²) in [6, 6.07) is 0. The molecule has 0 aromatic carbocycles. The molecular formula is C13H27NO3. The standard InChI is InChI=1S/C13H27NO3/c1-2-3-6-17-11-13(15)9-14-8-12-5-4-7-16-10-12/h12-15H,2-11H2,1H3. The molecule has 2 atom stereocenters. The van der Waals surface area contributed by atoms with Gasteiger partial charge in [0.05, 0.1) is 19.3 Å². The first-order chi connectivity index (χ1) is 8.33. The lowest BCUT2D eigenvalue weighted by Gasteiger charge is -2.23. The van der Waals surface area contributed by atoms with Gasteiger partial charge in [-0.3, -0.25) is 0 Å². The third-order valence-corrected chi connectivity index (χ3v) is 3.02. The highest BCUT2D eigenvalue weighted by Gasteiger charge is 2.13. The number of hydrogen-bond acceptors (Lipinski definition) is 4. The van der Waals surface area contributed by atoms with Gasteiger partial charge in [0, 0.05) is 26.3 Å². The maximum Gasteiger partial charge on any atom is 0.0897 e. The second-order valence-corrected chi connectivity index (χ2v) is 4.82. The first-order valence-corrected chi connectivity index (χ1v) is 6.87. The molecule has 2 N–H and O–H groups in total. The Hall–Kier alpha value is -0.160. The van der Waals surface area contributed by atoms with Crippen LogP contribution in [0.25, 0.3) is 0 Å². The minimum atomic E-state index is -0.392. The monoisotopic (exact) mass is 245 g/mol. The number of hydrogen-bond donors (Lipinski definition) is 2. The number of nitrogens with one attached hydrogen (secondary N) is 1. The molecule has 4 nitrogen and oxygen atoms in total. The van der Waals surface area contributed by atoms with Crippen LogP contribution in [0.15, 0.2) is 0 Å².